The molecular formula is C10H15N7O2. The molecule has 5 N–H and O–H groups in total. The van der Waals surface area contributed by atoms with Crippen molar-refractivity contribution in [2.45, 2.75) is 12.5 Å². The molecule has 0 saturated carbocycles. The van der Waals surface area contributed by atoms with Gasteiger partial charge in [-0.05, 0) is 13.0 Å². The number of nitrogens with one attached hydrogen (secondary N) is 1. The average Bonchev–Trinajstić information content (AvgIpc) is 2.90. The molecule has 0 aliphatic rings. The molecule has 0 saturated heterocycles. The Morgan fingerprint density at radius 3 is 2.84 bits per heavy atom. The van der Waals surface area contributed by atoms with E-state index in [1.807, 2.05) is 0 Å². The van der Waals surface area contributed by atoms with Gasteiger partial charge in [0.25, 0.3) is 5.95 Å². The van der Waals surface area contributed by atoms with Gasteiger partial charge in [-0.25, -0.2) is 4.68 Å². The zero-order chi connectivity index (χ0) is 13.9. The maximum absolute atomic E-state index is 9.67. The van der Waals surface area contributed by atoms with Crippen LogP contribution in [0.5, 0.6) is 0 Å². The van der Waals surface area contributed by atoms with E-state index < -0.39 is 5.60 Å². The third-order valence-electron chi connectivity index (χ3n) is 2.32. The van der Waals surface area contributed by atoms with Crippen LogP contribution in [0.2, 0.25) is 0 Å². The van der Waals surface area contributed by atoms with Gasteiger partial charge in [0.1, 0.15) is 5.60 Å². The number of nitrogens with two attached hydrogens (primary N) is 1. The Hall–Kier alpha value is -2.26. The van der Waals surface area contributed by atoms with Crippen molar-refractivity contribution in [1.82, 2.24) is 24.7 Å². The number of aliphatic hydroxyl groups excluding tert-OH is 1. The summed E-state index contributed by atoms with van der Waals surface area (Å²) in [5, 5.41) is 25.4. The zero-order valence-electron chi connectivity index (χ0n) is 10.4. The quantitative estimate of drug-likeness (QED) is 0.529. The van der Waals surface area contributed by atoms with Crippen LogP contribution < -0.4 is 11.1 Å². The van der Waals surface area contributed by atoms with E-state index >= 15 is 0 Å². The maximum Gasteiger partial charge on any atom is 0.257 e. The minimum absolute atomic E-state index is 0.0339. The van der Waals surface area contributed by atoms with Crippen LogP contribution in [0.3, 0.4) is 0 Å². The Labute approximate surface area is 109 Å². The predicted octanol–water partition coefficient (Wildman–Crippen LogP) is -1.21. The summed E-state index contributed by atoms with van der Waals surface area (Å²) in [6.45, 7) is 1.18. The van der Waals surface area contributed by atoms with Crippen molar-refractivity contribution >= 4 is 11.9 Å². The molecule has 0 aliphatic carbocycles. The van der Waals surface area contributed by atoms with Crippen LogP contribution in [0.15, 0.2) is 18.5 Å². The predicted molar refractivity (Wildman–Crippen MR) is 67.6 cm³/mol. The highest BCUT2D eigenvalue weighted by atomic mass is 16.3. The van der Waals surface area contributed by atoms with E-state index in [0.717, 1.165) is 0 Å². The van der Waals surface area contributed by atoms with Crippen molar-refractivity contribution in [3.05, 3.63) is 18.5 Å². The molecule has 9 nitrogen and oxygen atoms in total. The number of nitrogen functional groups attached to an aromatic ring is 1. The van der Waals surface area contributed by atoms with Crippen molar-refractivity contribution < 1.29 is 10.2 Å². The first-order valence-electron chi connectivity index (χ1n) is 5.59. The first-order valence-corrected chi connectivity index (χ1v) is 5.59. The maximum atomic E-state index is 9.67. The van der Waals surface area contributed by atoms with Gasteiger partial charge < -0.3 is 21.3 Å². The van der Waals surface area contributed by atoms with Gasteiger partial charge in [0.05, 0.1) is 6.61 Å². The summed E-state index contributed by atoms with van der Waals surface area (Å²) in [5.74, 6) is 0.502. The molecule has 102 valence electrons. The molecule has 2 heterocycles. The lowest BCUT2D eigenvalue weighted by atomic mass is 10.1. The van der Waals surface area contributed by atoms with E-state index in [1.165, 1.54) is 11.6 Å². The van der Waals surface area contributed by atoms with Crippen molar-refractivity contribution in [2.24, 2.45) is 0 Å². The summed E-state index contributed by atoms with van der Waals surface area (Å²) in [5.41, 5.74) is 4.31. The first-order chi connectivity index (χ1) is 9.00. The fourth-order valence-corrected chi connectivity index (χ4v) is 1.27. The Morgan fingerprint density at radius 2 is 2.21 bits per heavy atom. The number of nitrogens with zero attached hydrogens (tertiary/aromatic N) is 5. The molecule has 1 unspecified atom stereocenters. The van der Waals surface area contributed by atoms with E-state index in [1.54, 1.807) is 18.5 Å². The Kier molecular flexibility index (Phi) is 3.58. The van der Waals surface area contributed by atoms with Gasteiger partial charge in [0.15, 0.2) is 0 Å². The molecule has 2 aromatic heterocycles. The second kappa shape index (κ2) is 5.16. The summed E-state index contributed by atoms with van der Waals surface area (Å²) >= 11 is 0. The van der Waals surface area contributed by atoms with Crippen molar-refractivity contribution in [3.8, 4) is 5.95 Å². The lowest BCUT2D eigenvalue weighted by molar-refractivity contribution is 0.0131. The molecule has 0 fully saturated rings. The molecule has 2 aromatic rings. The van der Waals surface area contributed by atoms with Crippen molar-refractivity contribution in [3.63, 3.8) is 0 Å². The normalized spacial score (nSPS) is 14.1. The monoisotopic (exact) mass is 265 g/mol. The highest BCUT2D eigenvalue weighted by Crippen LogP contribution is 2.08. The Bertz CT molecular complexity index is 541. The van der Waals surface area contributed by atoms with Gasteiger partial charge in [0, 0.05) is 18.9 Å². The molecule has 0 spiro atoms. The lowest BCUT2D eigenvalue weighted by Crippen LogP contribution is -2.37. The summed E-state index contributed by atoms with van der Waals surface area (Å²) in [6, 6.07) is 1.73. The van der Waals surface area contributed by atoms with Gasteiger partial charge in [-0.15, -0.1) is 0 Å². The summed E-state index contributed by atoms with van der Waals surface area (Å²) in [6.07, 6.45) is 3.26. The van der Waals surface area contributed by atoms with Crippen LogP contribution in [0.25, 0.3) is 5.95 Å². The highest BCUT2D eigenvalue weighted by Gasteiger charge is 2.19. The molecule has 0 amide bonds. The standard InChI is InChI=1S/C10H15N7O2/c1-10(19,6-18)5-12-8-14-7(11)15-9(16-8)17-4-2-3-13-17/h2-4,18-19H,5-6H2,1H3,(H3,11,12,14,15,16). The third kappa shape index (κ3) is 3.36. The van der Waals surface area contributed by atoms with E-state index in [9.17, 15) is 5.11 Å². The van der Waals surface area contributed by atoms with Gasteiger partial charge in [-0.1, -0.05) is 0 Å². The lowest BCUT2D eigenvalue weighted by Gasteiger charge is -2.20. The van der Waals surface area contributed by atoms with Crippen molar-refractivity contribution in [2.75, 3.05) is 24.2 Å². The van der Waals surface area contributed by atoms with E-state index in [-0.39, 0.29) is 31.0 Å². The molecule has 2 rings (SSSR count). The fourth-order valence-electron chi connectivity index (χ4n) is 1.27. The van der Waals surface area contributed by atoms with Crippen LogP contribution in [0.1, 0.15) is 6.92 Å². The van der Waals surface area contributed by atoms with E-state index in [0.29, 0.717) is 0 Å². The molecule has 9 heteroatoms. The molecular weight excluding hydrogens is 250 g/mol. The molecule has 1 atom stereocenters. The fraction of sp³-hybridized carbons (Fsp3) is 0.400. The minimum Gasteiger partial charge on any atom is -0.393 e. The average molecular weight is 265 g/mol. The topological polar surface area (TPSA) is 135 Å². The Balaban J connectivity index is 2.18. The molecule has 0 radical (unpaired) electrons. The van der Waals surface area contributed by atoms with Crippen LogP contribution in [0.4, 0.5) is 11.9 Å². The largest absolute Gasteiger partial charge is 0.393 e. The van der Waals surface area contributed by atoms with Crippen LogP contribution in [-0.2, 0) is 0 Å². The van der Waals surface area contributed by atoms with E-state index in [4.69, 9.17) is 10.8 Å². The SMILES string of the molecule is CC(O)(CO)CNc1nc(N)nc(-n2cccn2)n1. The van der Waals surface area contributed by atoms with Crippen LogP contribution >= 0.6 is 0 Å². The molecule has 0 aromatic carbocycles. The second-order valence-electron chi connectivity index (χ2n) is 4.28. The molecule has 0 aliphatic heterocycles. The summed E-state index contributed by atoms with van der Waals surface area (Å²) < 4.78 is 1.44. The number of hydrogen-bond donors (Lipinski definition) is 4. The third-order valence-corrected chi connectivity index (χ3v) is 2.32. The second-order valence-corrected chi connectivity index (χ2v) is 4.28. The smallest absolute Gasteiger partial charge is 0.257 e. The summed E-state index contributed by atoms with van der Waals surface area (Å²) in [4.78, 5) is 11.9. The van der Waals surface area contributed by atoms with Crippen LogP contribution in [0, 0.1) is 0 Å². The zero-order valence-corrected chi connectivity index (χ0v) is 10.4. The summed E-state index contributed by atoms with van der Waals surface area (Å²) in [7, 11) is 0. The van der Waals surface area contributed by atoms with Gasteiger partial charge in [-0.2, -0.15) is 20.1 Å². The highest BCUT2D eigenvalue weighted by molar-refractivity contribution is 5.35. The van der Waals surface area contributed by atoms with Crippen molar-refractivity contribution in [1.29, 1.82) is 0 Å². The number of anilines is 2. The number of hydrogen-bond acceptors (Lipinski definition) is 8. The molecule has 0 bridgehead atoms. The van der Waals surface area contributed by atoms with Gasteiger partial charge in [-0.3, -0.25) is 0 Å². The first kappa shape index (κ1) is 13.2. The van der Waals surface area contributed by atoms with E-state index in [2.05, 4.69) is 25.4 Å². The number of aliphatic hydroxyl groups is 2. The van der Waals surface area contributed by atoms with Gasteiger partial charge in [0.2, 0.25) is 11.9 Å². The number of rotatable bonds is 5. The Morgan fingerprint density at radius 1 is 1.42 bits per heavy atom. The van der Waals surface area contributed by atoms with Gasteiger partial charge >= 0.3 is 0 Å². The molecule has 19 heavy (non-hydrogen) atoms. The van der Waals surface area contributed by atoms with Crippen LogP contribution in [-0.4, -0.2) is 53.7 Å². The number of aromatic nitrogens is 5. The minimum atomic E-state index is -1.27.